The highest BCUT2D eigenvalue weighted by Crippen LogP contribution is 2.21. The first kappa shape index (κ1) is 56.3. The number of nitrogens with zero attached hydrogens (tertiary/aromatic N) is 5. The van der Waals surface area contributed by atoms with Crippen LogP contribution in [0.5, 0.6) is 0 Å². The van der Waals surface area contributed by atoms with Gasteiger partial charge >= 0.3 is 6.09 Å². The molecule has 0 aliphatic carbocycles. The van der Waals surface area contributed by atoms with Crippen molar-refractivity contribution in [3.8, 4) is 0 Å². The highest BCUT2D eigenvalue weighted by molar-refractivity contribution is 5.95. The molecule has 2 saturated heterocycles. The number of rotatable bonds is 12. The molecule has 0 radical (unpaired) electrons. The Hall–Kier alpha value is -4.24. The van der Waals surface area contributed by atoms with Crippen molar-refractivity contribution in [2.75, 3.05) is 105 Å². The monoisotopic (exact) mass is 992 g/mol. The molecule has 4 aromatic rings. The van der Waals surface area contributed by atoms with Crippen molar-refractivity contribution in [2.45, 2.75) is 65.1 Å². The molecule has 68 heavy (non-hydrogen) atoms. The maximum Gasteiger partial charge on any atom is 0.410 e. The summed E-state index contributed by atoms with van der Waals surface area (Å²) in [5.74, 6) is 0.0153. The quantitative estimate of drug-likeness (QED) is 0.142. The summed E-state index contributed by atoms with van der Waals surface area (Å²) in [5.41, 5.74) is 8.75. The van der Waals surface area contributed by atoms with Crippen molar-refractivity contribution in [3.63, 3.8) is 0 Å². The number of fused-ring (bicyclic) bond motifs is 2. The predicted molar refractivity (Wildman–Crippen MR) is 281 cm³/mol. The molecule has 0 bridgehead atoms. The van der Waals surface area contributed by atoms with Gasteiger partial charge in [-0.25, -0.2) is 4.79 Å². The number of hydrogen-bond donors (Lipinski definition) is 3. The number of carbonyl (C=O) groups is 3. The zero-order chi connectivity index (χ0) is 45.4. The Morgan fingerprint density at radius 1 is 0.515 bits per heavy atom. The average Bonchev–Trinajstić information content (AvgIpc) is 3.69. The molecule has 0 unspecified atom stereocenters. The zero-order valence-corrected chi connectivity index (χ0v) is 42.8. The highest BCUT2D eigenvalue weighted by atomic mass is 35.5. The number of benzene rings is 4. The van der Waals surface area contributed by atoms with Crippen LogP contribution in [0.15, 0.2) is 97.1 Å². The van der Waals surface area contributed by atoms with Gasteiger partial charge in [-0.3, -0.25) is 29.2 Å². The minimum Gasteiger partial charge on any atom is -0.444 e. The van der Waals surface area contributed by atoms with Crippen LogP contribution >= 0.6 is 37.2 Å². The fourth-order valence-corrected chi connectivity index (χ4v) is 9.07. The molecule has 15 heteroatoms. The molecule has 4 aromatic carbocycles. The van der Waals surface area contributed by atoms with Crippen LogP contribution in [0.1, 0.15) is 74.9 Å². The Morgan fingerprint density at radius 3 is 1.37 bits per heavy atom. The van der Waals surface area contributed by atoms with Crippen molar-refractivity contribution >= 4 is 55.1 Å². The van der Waals surface area contributed by atoms with Crippen molar-refractivity contribution < 1.29 is 19.1 Å². The maximum atomic E-state index is 12.8. The van der Waals surface area contributed by atoms with Gasteiger partial charge in [-0.1, -0.05) is 72.8 Å². The third-order valence-electron chi connectivity index (χ3n) is 12.9. The van der Waals surface area contributed by atoms with Crippen molar-refractivity contribution in [2.24, 2.45) is 0 Å². The van der Waals surface area contributed by atoms with E-state index in [9.17, 15) is 14.4 Å². The second-order valence-corrected chi connectivity index (χ2v) is 18.9. The van der Waals surface area contributed by atoms with E-state index in [1.165, 1.54) is 27.8 Å². The summed E-state index contributed by atoms with van der Waals surface area (Å²) in [6, 6.07) is 33.4. The molecule has 8 rings (SSSR count). The van der Waals surface area contributed by atoms with E-state index in [1.54, 1.807) is 4.90 Å². The van der Waals surface area contributed by atoms with E-state index in [-0.39, 0.29) is 55.1 Å². The molecule has 0 spiro atoms. The van der Waals surface area contributed by atoms with Gasteiger partial charge in [0, 0.05) is 116 Å². The second-order valence-electron chi connectivity index (χ2n) is 18.9. The number of hydrogen-bond acceptors (Lipinski definition) is 9. The molecule has 2 fully saturated rings. The summed E-state index contributed by atoms with van der Waals surface area (Å²) in [5, 5.41) is 9.62. The predicted octanol–water partition coefficient (Wildman–Crippen LogP) is 6.76. The molecule has 0 saturated carbocycles. The first-order valence-corrected chi connectivity index (χ1v) is 24.0. The van der Waals surface area contributed by atoms with Crippen molar-refractivity contribution in [1.29, 1.82) is 0 Å². The lowest BCUT2D eigenvalue weighted by Gasteiger charge is -2.34. The fourth-order valence-electron chi connectivity index (χ4n) is 9.07. The summed E-state index contributed by atoms with van der Waals surface area (Å²) in [6.07, 6.45) is 3.28. The largest absolute Gasteiger partial charge is 0.444 e. The van der Waals surface area contributed by atoms with Gasteiger partial charge < -0.3 is 25.6 Å². The topological polar surface area (TPSA) is 113 Å². The molecule has 3 amide bonds. The van der Waals surface area contributed by atoms with E-state index >= 15 is 0 Å². The van der Waals surface area contributed by atoms with Crippen LogP contribution in [0.4, 0.5) is 4.79 Å². The average molecular weight is 995 g/mol. The molecule has 0 atom stereocenters. The van der Waals surface area contributed by atoms with Crippen molar-refractivity contribution in [3.05, 3.63) is 142 Å². The van der Waals surface area contributed by atoms with Gasteiger partial charge in [0.15, 0.2) is 0 Å². The first-order chi connectivity index (χ1) is 31.5. The Kier molecular flexibility index (Phi) is 23.6. The lowest BCUT2D eigenvalue weighted by molar-refractivity contribution is 0.0258. The summed E-state index contributed by atoms with van der Waals surface area (Å²) >= 11 is 0. The van der Waals surface area contributed by atoms with Crippen LogP contribution in [0.25, 0.3) is 0 Å². The van der Waals surface area contributed by atoms with Crippen LogP contribution in [0.3, 0.4) is 0 Å². The lowest BCUT2D eigenvalue weighted by Crippen LogP contribution is -2.48. The van der Waals surface area contributed by atoms with E-state index in [4.69, 9.17) is 4.74 Å². The highest BCUT2D eigenvalue weighted by Gasteiger charge is 2.25. The van der Waals surface area contributed by atoms with Gasteiger partial charge in [-0.05, 0) is 117 Å². The summed E-state index contributed by atoms with van der Waals surface area (Å²) in [6.45, 7) is 22.5. The van der Waals surface area contributed by atoms with Gasteiger partial charge in [0.1, 0.15) is 5.60 Å². The fraction of sp³-hybridized carbons (Fsp3) is 0.491. The number of carbonyl (C=O) groups excluding carboxylic acids is 3. The summed E-state index contributed by atoms with van der Waals surface area (Å²) in [4.78, 5) is 49.5. The van der Waals surface area contributed by atoms with Crippen LogP contribution < -0.4 is 16.0 Å². The van der Waals surface area contributed by atoms with E-state index in [1.807, 2.05) is 45.0 Å². The summed E-state index contributed by atoms with van der Waals surface area (Å²) in [7, 11) is 0. The summed E-state index contributed by atoms with van der Waals surface area (Å²) < 4.78 is 5.54. The minimum absolute atomic E-state index is 0. The van der Waals surface area contributed by atoms with E-state index in [0.717, 1.165) is 128 Å². The number of ether oxygens (including phenoxy) is 1. The van der Waals surface area contributed by atoms with Crippen LogP contribution in [-0.2, 0) is 43.5 Å². The Labute approximate surface area is 424 Å². The second kappa shape index (κ2) is 28.4. The molecule has 0 aromatic heterocycles. The van der Waals surface area contributed by atoms with Crippen LogP contribution in [-0.4, -0.2) is 153 Å². The number of halogens is 3. The molecule has 12 nitrogen and oxygen atoms in total. The van der Waals surface area contributed by atoms with Crippen LogP contribution in [0, 0.1) is 0 Å². The molecule has 4 aliphatic rings. The van der Waals surface area contributed by atoms with E-state index in [0.29, 0.717) is 31.7 Å². The molecule has 372 valence electrons. The van der Waals surface area contributed by atoms with E-state index in [2.05, 4.69) is 108 Å². The van der Waals surface area contributed by atoms with Gasteiger partial charge in [0.05, 0.1) is 0 Å². The number of amides is 3. The zero-order valence-electron chi connectivity index (χ0n) is 40.4. The van der Waals surface area contributed by atoms with Gasteiger partial charge in [-0.15, -0.1) is 37.2 Å². The Bertz CT molecular complexity index is 2150. The van der Waals surface area contributed by atoms with Crippen molar-refractivity contribution in [1.82, 2.24) is 40.4 Å². The normalized spacial score (nSPS) is 16.8. The molecular weight excluding hydrogens is 919 g/mol. The van der Waals surface area contributed by atoms with Crippen LogP contribution in [0.2, 0.25) is 0 Å². The smallest absolute Gasteiger partial charge is 0.410 e. The Morgan fingerprint density at radius 2 is 0.912 bits per heavy atom. The molecular formula is C53H75Cl3N8O4. The number of nitrogens with one attached hydrogen (secondary N) is 3. The van der Waals surface area contributed by atoms with Gasteiger partial charge in [-0.2, -0.15) is 0 Å². The number of piperazine rings is 2. The van der Waals surface area contributed by atoms with Gasteiger partial charge in [0.2, 0.25) is 0 Å². The van der Waals surface area contributed by atoms with E-state index < -0.39 is 5.60 Å². The third kappa shape index (κ3) is 17.9. The maximum absolute atomic E-state index is 12.8. The molecule has 4 heterocycles. The Balaban J connectivity index is 0.000000290. The standard InChI is InChI=1S/C29H40N4O3.C24H32N4O.3ClH/c1-29(2,3)36-28(35)33-14-11-24-9-10-26(21-25(24)12-15-33)27(34)30-13-16-31-17-19-32(20-18-31)22-23-7-5-4-6-8-23;29-24(23-7-6-21-8-10-25-11-9-22(21)18-23)26-12-13-27-14-16-28(17-15-27)19-20-4-2-1-3-5-20;;;/h4-10,21H,11-20,22H2,1-3H3,(H,30,34);1-7,18,25H,8-17,19H2,(H,26,29);3*1H. The minimum atomic E-state index is -0.503. The lowest BCUT2D eigenvalue weighted by atomic mass is 10.00. The SMILES string of the molecule is CC(C)(C)OC(=O)N1CCc2ccc(C(=O)NCCN3CCN(Cc4ccccc4)CC3)cc2CC1.Cl.Cl.Cl.O=C(NCCN1CCN(Cc2ccccc2)CC1)c1ccc2c(c1)CCNCC2. The molecule has 3 N–H and O–H groups in total. The third-order valence-corrected chi connectivity index (χ3v) is 12.9. The van der Waals surface area contributed by atoms with Gasteiger partial charge in [0.25, 0.3) is 11.8 Å². The first-order valence-electron chi connectivity index (χ1n) is 24.0. The molecule has 4 aliphatic heterocycles.